The summed E-state index contributed by atoms with van der Waals surface area (Å²) in [6.45, 7) is 0. The zero-order chi connectivity index (χ0) is 13.4. The summed E-state index contributed by atoms with van der Waals surface area (Å²) in [5.41, 5.74) is 2.51. The van der Waals surface area contributed by atoms with Crippen LogP contribution in [0.25, 0.3) is 11.1 Å². The summed E-state index contributed by atoms with van der Waals surface area (Å²) in [6, 6.07) is 11.0. The van der Waals surface area contributed by atoms with Crippen LogP contribution in [0.4, 0.5) is 0 Å². The van der Waals surface area contributed by atoms with Gasteiger partial charge in [-0.1, -0.05) is 6.07 Å². The Labute approximate surface area is 111 Å². The highest BCUT2D eigenvalue weighted by Crippen LogP contribution is 2.37. The molecule has 2 aromatic carbocycles. The molecule has 1 heterocycles. The Hall–Kier alpha value is -2.14. The fourth-order valence-electron chi connectivity index (χ4n) is 2.24. The summed E-state index contributed by atoms with van der Waals surface area (Å²) in [5.74, 6) is 2.11. The van der Waals surface area contributed by atoms with Crippen LogP contribution in [0, 0.1) is 0 Å². The fourth-order valence-corrected chi connectivity index (χ4v) is 2.24. The van der Waals surface area contributed by atoms with E-state index in [1.54, 1.807) is 38.5 Å². The van der Waals surface area contributed by atoms with E-state index in [1.165, 1.54) is 0 Å². The first-order chi connectivity index (χ1) is 9.22. The molecular weight excluding hydrogens is 243 g/mol. The maximum absolute atomic E-state index is 10.0. The van der Waals surface area contributed by atoms with Crippen molar-refractivity contribution in [2.75, 3.05) is 14.2 Å². The monoisotopic (exact) mass is 256 g/mol. The summed E-state index contributed by atoms with van der Waals surface area (Å²) in [7, 11) is 2.28. The molecule has 0 aliphatic carbocycles. The van der Waals surface area contributed by atoms with Crippen LogP contribution in [0.1, 0.15) is 0 Å². The molecule has 0 saturated heterocycles. The van der Waals surface area contributed by atoms with Gasteiger partial charge in [-0.25, -0.2) is 0 Å². The Morgan fingerprint density at radius 1 is 0.947 bits per heavy atom. The number of rotatable bonds is 2. The molecule has 3 rings (SSSR count). The summed E-state index contributed by atoms with van der Waals surface area (Å²) in [5, 5.41) is 10.0. The molecule has 1 aliphatic rings. The predicted octanol–water partition coefficient (Wildman–Crippen LogP) is 1.45. The Kier molecular flexibility index (Phi) is 2.83. The average molecular weight is 256 g/mol. The molecule has 5 heteroatoms. The summed E-state index contributed by atoms with van der Waals surface area (Å²) in [4.78, 5) is 0. The molecule has 0 saturated carbocycles. The van der Waals surface area contributed by atoms with Crippen molar-refractivity contribution in [3.05, 3.63) is 36.4 Å². The van der Waals surface area contributed by atoms with Gasteiger partial charge in [-0.05, 0) is 35.9 Å². The minimum atomic E-state index is -0.957. The number of fused-ring (bicyclic) bond motifs is 3. The van der Waals surface area contributed by atoms with E-state index in [0.29, 0.717) is 5.75 Å². The lowest BCUT2D eigenvalue weighted by molar-refractivity contribution is 0.409. The second-order valence-corrected chi connectivity index (χ2v) is 4.29. The van der Waals surface area contributed by atoms with Gasteiger partial charge in [-0.3, -0.25) is 0 Å². The number of hydrogen-bond donors (Lipinski definition) is 1. The van der Waals surface area contributed by atoms with E-state index in [0.717, 1.165) is 28.1 Å². The standard InChI is InChI=1S/C14H13BO4/c1-17-9-3-5-13-11(7-9)12-8-10(18-2)4-6-14(12)19-15(13)16/h3-8,16H,1-2H3. The zero-order valence-electron chi connectivity index (χ0n) is 10.7. The number of ether oxygens (including phenoxy) is 2. The highest BCUT2D eigenvalue weighted by molar-refractivity contribution is 6.63. The lowest BCUT2D eigenvalue weighted by Gasteiger charge is -2.23. The van der Waals surface area contributed by atoms with Crippen LogP contribution in [-0.2, 0) is 0 Å². The van der Waals surface area contributed by atoms with E-state index in [4.69, 9.17) is 14.1 Å². The van der Waals surface area contributed by atoms with Crippen molar-refractivity contribution in [3.8, 4) is 28.4 Å². The van der Waals surface area contributed by atoms with Gasteiger partial charge in [0.05, 0.1) is 14.2 Å². The molecule has 0 atom stereocenters. The van der Waals surface area contributed by atoms with Crippen molar-refractivity contribution in [2.45, 2.75) is 0 Å². The maximum atomic E-state index is 10.0. The summed E-state index contributed by atoms with van der Waals surface area (Å²) >= 11 is 0. The Bertz CT molecular complexity index is 627. The minimum Gasteiger partial charge on any atom is -0.532 e. The molecule has 0 unspecified atom stereocenters. The zero-order valence-corrected chi connectivity index (χ0v) is 10.7. The first-order valence-electron chi connectivity index (χ1n) is 5.94. The van der Waals surface area contributed by atoms with Crippen molar-refractivity contribution in [1.82, 2.24) is 0 Å². The van der Waals surface area contributed by atoms with Crippen molar-refractivity contribution in [3.63, 3.8) is 0 Å². The molecule has 19 heavy (non-hydrogen) atoms. The maximum Gasteiger partial charge on any atom is 0.560 e. The van der Waals surface area contributed by atoms with Gasteiger partial charge in [0.1, 0.15) is 17.2 Å². The lowest BCUT2D eigenvalue weighted by Crippen LogP contribution is -2.40. The van der Waals surface area contributed by atoms with E-state index in [1.807, 2.05) is 12.1 Å². The minimum absolute atomic E-state index is 0.633. The quantitative estimate of drug-likeness (QED) is 0.826. The Morgan fingerprint density at radius 3 is 2.26 bits per heavy atom. The molecule has 0 fully saturated rings. The van der Waals surface area contributed by atoms with E-state index in [2.05, 4.69) is 0 Å². The molecule has 4 nitrogen and oxygen atoms in total. The lowest BCUT2D eigenvalue weighted by atomic mass is 9.72. The van der Waals surface area contributed by atoms with Crippen LogP contribution in [0.2, 0.25) is 0 Å². The first-order valence-corrected chi connectivity index (χ1v) is 5.94. The second-order valence-electron chi connectivity index (χ2n) is 4.29. The third kappa shape index (κ3) is 1.92. The van der Waals surface area contributed by atoms with Gasteiger partial charge in [0.15, 0.2) is 0 Å². The van der Waals surface area contributed by atoms with Crippen LogP contribution in [0.3, 0.4) is 0 Å². The van der Waals surface area contributed by atoms with Gasteiger partial charge >= 0.3 is 7.12 Å². The van der Waals surface area contributed by atoms with Crippen molar-refractivity contribution in [1.29, 1.82) is 0 Å². The largest absolute Gasteiger partial charge is 0.560 e. The van der Waals surface area contributed by atoms with Crippen LogP contribution in [0.15, 0.2) is 36.4 Å². The van der Waals surface area contributed by atoms with Crippen LogP contribution in [0.5, 0.6) is 17.2 Å². The highest BCUT2D eigenvalue weighted by atomic mass is 16.5. The Morgan fingerprint density at radius 2 is 1.58 bits per heavy atom. The molecule has 0 radical (unpaired) electrons. The van der Waals surface area contributed by atoms with E-state index in [-0.39, 0.29) is 0 Å². The van der Waals surface area contributed by atoms with Gasteiger partial charge in [0.25, 0.3) is 0 Å². The smallest absolute Gasteiger partial charge is 0.532 e. The van der Waals surface area contributed by atoms with E-state index in [9.17, 15) is 5.02 Å². The van der Waals surface area contributed by atoms with Gasteiger partial charge in [0, 0.05) is 11.0 Å². The van der Waals surface area contributed by atoms with Gasteiger partial charge in [-0.15, -0.1) is 0 Å². The van der Waals surface area contributed by atoms with Crippen LogP contribution in [-0.4, -0.2) is 26.4 Å². The summed E-state index contributed by atoms with van der Waals surface area (Å²) in [6.07, 6.45) is 0. The molecule has 2 aromatic rings. The van der Waals surface area contributed by atoms with Gasteiger partial charge < -0.3 is 19.2 Å². The molecule has 1 N–H and O–H groups in total. The third-order valence-corrected chi connectivity index (χ3v) is 3.24. The van der Waals surface area contributed by atoms with Crippen LogP contribution >= 0.6 is 0 Å². The van der Waals surface area contributed by atoms with Gasteiger partial charge in [0.2, 0.25) is 0 Å². The third-order valence-electron chi connectivity index (χ3n) is 3.24. The van der Waals surface area contributed by atoms with Crippen LogP contribution < -0.4 is 19.6 Å². The van der Waals surface area contributed by atoms with E-state index < -0.39 is 7.12 Å². The number of benzene rings is 2. The molecule has 0 spiro atoms. The highest BCUT2D eigenvalue weighted by Gasteiger charge is 2.30. The second kappa shape index (κ2) is 4.51. The first kappa shape index (κ1) is 11.9. The SMILES string of the molecule is COc1ccc2c(c1)-c1cc(OC)ccc1B(O)O2. The van der Waals surface area contributed by atoms with Crippen molar-refractivity contribution >= 4 is 12.6 Å². The molecule has 96 valence electrons. The predicted molar refractivity (Wildman–Crippen MR) is 73.2 cm³/mol. The van der Waals surface area contributed by atoms with Crippen molar-refractivity contribution in [2.24, 2.45) is 0 Å². The molecule has 0 bridgehead atoms. The number of hydrogen-bond acceptors (Lipinski definition) is 4. The molecule has 0 aromatic heterocycles. The number of methoxy groups -OCH3 is 2. The topological polar surface area (TPSA) is 47.9 Å². The van der Waals surface area contributed by atoms with Gasteiger partial charge in [-0.2, -0.15) is 0 Å². The molecule has 1 aliphatic heterocycles. The molecular formula is C14H13BO4. The fraction of sp³-hybridized carbons (Fsp3) is 0.143. The Balaban J connectivity index is 2.22. The average Bonchev–Trinajstić information content (AvgIpc) is 2.46. The van der Waals surface area contributed by atoms with Crippen molar-refractivity contribution < 1.29 is 19.2 Å². The van der Waals surface area contributed by atoms with E-state index >= 15 is 0 Å². The normalized spacial score (nSPS) is 12.3. The molecule has 0 amide bonds. The summed E-state index contributed by atoms with van der Waals surface area (Å²) < 4.78 is 16.0.